The zero-order valence-electron chi connectivity index (χ0n) is 25.6. The van der Waals surface area contributed by atoms with Crippen LogP contribution in [0.25, 0.3) is 11.1 Å². The zero-order chi connectivity index (χ0) is 32.7. The van der Waals surface area contributed by atoms with E-state index in [0.29, 0.717) is 16.2 Å². The van der Waals surface area contributed by atoms with Crippen molar-refractivity contribution in [1.29, 1.82) is 5.41 Å². The first-order valence-electron chi connectivity index (χ1n) is 13.8. The Morgan fingerprint density at radius 2 is 1.68 bits per heavy atom. The summed E-state index contributed by atoms with van der Waals surface area (Å²) < 4.78 is 40.1. The number of nitrogens with one attached hydrogen (secondary N) is 2. The summed E-state index contributed by atoms with van der Waals surface area (Å²) in [6.07, 6.45) is 1.43. The number of thiophene rings is 1. The molecule has 0 unspecified atom stereocenters. The minimum atomic E-state index is -4.53. The highest BCUT2D eigenvalue weighted by Gasteiger charge is 2.36. The Morgan fingerprint density at radius 3 is 2.30 bits per heavy atom. The first-order valence-corrected chi connectivity index (χ1v) is 17.2. The standard InChI is InChI=1S/C31H37N3O7S3/c1-20-13-12-16-22(27(20)21-14-8-7-9-15-21)34(25(35)17-10-11-18-26(36)40-5)44(38,39)24-19-23(43-29(24)42-6)28(32)33-30(37)41-31(2,3)4/h7-9,12-16,19H,10-11,17-18H2,1-6H3,(H2,32,33,37). The molecule has 0 radical (unpaired) electrons. The van der Waals surface area contributed by atoms with Crippen molar-refractivity contribution in [2.75, 3.05) is 17.7 Å². The van der Waals surface area contributed by atoms with Gasteiger partial charge in [0.25, 0.3) is 10.0 Å². The second-order valence-corrected chi connectivity index (χ2v) is 14.6. The van der Waals surface area contributed by atoms with Crippen LogP contribution in [-0.2, 0) is 29.1 Å². The maximum atomic E-state index is 14.5. The summed E-state index contributed by atoms with van der Waals surface area (Å²) in [5.74, 6) is -1.41. The molecule has 0 saturated heterocycles. The first kappa shape index (κ1) is 34.8. The summed E-state index contributed by atoms with van der Waals surface area (Å²) in [4.78, 5) is 37.8. The number of unbranched alkanes of at least 4 members (excludes halogenated alkanes) is 1. The Bertz CT molecular complexity index is 1630. The average molecular weight is 660 g/mol. The Hall–Kier alpha value is -3.68. The van der Waals surface area contributed by atoms with E-state index in [0.717, 1.165) is 38.5 Å². The number of carbonyl (C=O) groups is 3. The van der Waals surface area contributed by atoms with Crippen LogP contribution in [0.1, 0.15) is 56.9 Å². The van der Waals surface area contributed by atoms with Crippen LogP contribution in [-0.4, -0.2) is 51.2 Å². The highest BCUT2D eigenvalue weighted by atomic mass is 32.2. The summed E-state index contributed by atoms with van der Waals surface area (Å²) in [5, 5.41) is 10.8. The number of carbonyl (C=O) groups excluding carboxylic acids is 3. The molecule has 1 heterocycles. The van der Waals surface area contributed by atoms with Crippen LogP contribution >= 0.6 is 23.1 Å². The van der Waals surface area contributed by atoms with Gasteiger partial charge in [-0.3, -0.25) is 20.3 Å². The molecule has 0 saturated carbocycles. The lowest BCUT2D eigenvalue weighted by Gasteiger charge is -2.26. The normalized spacial score (nSPS) is 11.5. The molecule has 0 atom stereocenters. The number of benzene rings is 2. The summed E-state index contributed by atoms with van der Waals surface area (Å²) >= 11 is 2.16. The van der Waals surface area contributed by atoms with E-state index >= 15 is 0 Å². The van der Waals surface area contributed by atoms with Crippen molar-refractivity contribution in [1.82, 2.24) is 5.32 Å². The number of thioether (sulfide) groups is 1. The number of rotatable bonds is 11. The molecule has 0 spiro atoms. The van der Waals surface area contributed by atoms with Crippen LogP contribution in [0.2, 0.25) is 0 Å². The molecule has 0 aliphatic heterocycles. The van der Waals surface area contributed by atoms with Crippen molar-refractivity contribution in [2.45, 2.75) is 68.1 Å². The third-order valence-corrected chi connectivity index (χ3v) is 10.6. The topological polar surface area (TPSA) is 143 Å². The van der Waals surface area contributed by atoms with Crippen molar-refractivity contribution in [3.8, 4) is 11.1 Å². The van der Waals surface area contributed by atoms with Crippen molar-refractivity contribution >= 4 is 62.6 Å². The van der Waals surface area contributed by atoms with Gasteiger partial charge in [-0.2, -0.15) is 0 Å². The number of hydrogen-bond acceptors (Lipinski definition) is 10. The molecule has 0 bridgehead atoms. The second-order valence-electron chi connectivity index (χ2n) is 10.7. The first-order chi connectivity index (χ1) is 20.7. The van der Waals surface area contributed by atoms with Gasteiger partial charge in [-0.1, -0.05) is 42.5 Å². The lowest BCUT2D eigenvalue weighted by Crippen LogP contribution is -2.37. The number of ether oxygens (including phenoxy) is 2. The van der Waals surface area contributed by atoms with Gasteiger partial charge in [-0.15, -0.1) is 23.1 Å². The number of anilines is 1. The molecule has 0 aliphatic rings. The summed E-state index contributed by atoms with van der Waals surface area (Å²) in [6.45, 7) is 6.91. The predicted octanol–water partition coefficient (Wildman–Crippen LogP) is 6.75. The Kier molecular flexibility index (Phi) is 11.8. The summed E-state index contributed by atoms with van der Waals surface area (Å²) in [6, 6.07) is 15.6. The van der Waals surface area contributed by atoms with Crippen LogP contribution in [0.4, 0.5) is 10.5 Å². The van der Waals surface area contributed by atoms with Gasteiger partial charge < -0.3 is 9.47 Å². The second kappa shape index (κ2) is 14.9. The van der Waals surface area contributed by atoms with E-state index in [2.05, 4.69) is 10.1 Å². The molecular weight excluding hydrogens is 623 g/mol. The molecule has 2 aromatic carbocycles. The van der Waals surface area contributed by atoms with Gasteiger partial charge >= 0.3 is 12.1 Å². The molecule has 13 heteroatoms. The Labute approximate surface area is 266 Å². The van der Waals surface area contributed by atoms with Gasteiger partial charge in [-0.05, 0) is 70.1 Å². The molecule has 44 heavy (non-hydrogen) atoms. The van der Waals surface area contributed by atoms with Crippen LogP contribution in [0.15, 0.2) is 63.7 Å². The van der Waals surface area contributed by atoms with E-state index in [1.165, 1.54) is 13.2 Å². The fourth-order valence-electron chi connectivity index (χ4n) is 4.32. The highest BCUT2D eigenvalue weighted by molar-refractivity contribution is 8.01. The van der Waals surface area contributed by atoms with Crippen molar-refractivity contribution in [2.24, 2.45) is 0 Å². The quantitative estimate of drug-likeness (QED) is 0.0757. The van der Waals surface area contributed by atoms with Gasteiger partial charge in [0.2, 0.25) is 5.91 Å². The van der Waals surface area contributed by atoms with E-state index in [9.17, 15) is 22.8 Å². The lowest BCUT2D eigenvalue weighted by molar-refractivity contribution is -0.140. The monoisotopic (exact) mass is 659 g/mol. The number of esters is 1. The van der Waals surface area contributed by atoms with Gasteiger partial charge in [-0.25, -0.2) is 17.5 Å². The Balaban J connectivity index is 2.11. The SMILES string of the molecule is COC(=O)CCCCC(=O)N(c1cccc(C)c1-c1ccccc1)S(=O)(=O)c1cc(C(=N)NC(=O)OC(C)(C)C)sc1SC. The number of nitrogens with zero attached hydrogens (tertiary/aromatic N) is 1. The van der Waals surface area contributed by atoms with Gasteiger partial charge in [0, 0.05) is 18.4 Å². The molecule has 1 aromatic heterocycles. The Morgan fingerprint density at radius 1 is 1.02 bits per heavy atom. The fourth-order valence-corrected chi connectivity index (χ4v) is 8.40. The van der Waals surface area contributed by atoms with Crippen molar-refractivity contribution < 1.29 is 32.3 Å². The van der Waals surface area contributed by atoms with Gasteiger partial charge in [0.1, 0.15) is 16.3 Å². The number of hydrogen-bond donors (Lipinski definition) is 2. The number of amides is 2. The van der Waals surface area contributed by atoms with E-state index in [-0.39, 0.29) is 40.6 Å². The number of methoxy groups -OCH3 is 1. The fraction of sp³-hybridized carbons (Fsp3) is 0.355. The minimum Gasteiger partial charge on any atom is -0.469 e. The number of sulfonamides is 1. The molecule has 10 nitrogen and oxygen atoms in total. The van der Waals surface area contributed by atoms with Crippen LogP contribution in [0, 0.1) is 12.3 Å². The van der Waals surface area contributed by atoms with E-state index in [4.69, 9.17) is 10.1 Å². The van der Waals surface area contributed by atoms with Gasteiger partial charge in [0.15, 0.2) is 0 Å². The maximum absolute atomic E-state index is 14.5. The van der Waals surface area contributed by atoms with Crippen LogP contribution in [0.5, 0.6) is 0 Å². The number of alkyl carbamates (subject to hydrolysis) is 1. The van der Waals surface area contributed by atoms with Gasteiger partial charge in [0.05, 0.1) is 21.9 Å². The summed E-state index contributed by atoms with van der Waals surface area (Å²) in [7, 11) is -3.25. The predicted molar refractivity (Wildman–Crippen MR) is 174 cm³/mol. The smallest absolute Gasteiger partial charge is 0.413 e. The van der Waals surface area contributed by atoms with E-state index < -0.39 is 33.6 Å². The van der Waals surface area contributed by atoms with E-state index in [1.54, 1.807) is 39.2 Å². The van der Waals surface area contributed by atoms with Crippen molar-refractivity contribution in [3.05, 3.63) is 65.0 Å². The molecule has 2 N–H and O–H groups in total. The molecule has 0 aliphatic carbocycles. The van der Waals surface area contributed by atoms with Crippen molar-refractivity contribution in [3.63, 3.8) is 0 Å². The third-order valence-electron chi connectivity index (χ3n) is 6.25. The van der Waals surface area contributed by atoms with E-state index in [1.807, 2.05) is 43.3 Å². The molecule has 0 fully saturated rings. The molecule has 236 valence electrons. The largest absolute Gasteiger partial charge is 0.469 e. The molecular formula is C31H37N3O7S3. The number of aryl methyl sites for hydroxylation is 1. The van der Waals surface area contributed by atoms with Crippen LogP contribution < -0.4 is 9.62 Å². The third kappa shape index (κ3) is 8.70. The highest BCUT2D eigenvalue weighted by Crippen LogP contribution is 2.41. The molecule has 3 aromatic rings. The molecule has 2 amide bonds. The maximum Gasteiger partial charge on any atom is 0.413 e. The van der Waals surface area contributed by atoms with Crippen LogP contribution in [0.3, 0.4) is 0 Å². The number of amidine groups is 1. The summed E-state index contributed by atoms with van der Waals surface area (Å²) in [5.41, 5.74) is 1.49. The average Bonchev–Trinajstić information content (AvgIpc) is 3.41. The lowest BCUT2D eigenvalue weighted by atomic mass is 9.98. The minimum absolute atomic E-state index is 0.105. The zero-order valence-corrected chi connectivity index (χ0v) is 28.0. The molecule has 3 rings (SSSR count).